The zero-order chi connectivity index (χ0) is 9.14. The fourth-order valence-electron chi connectivity index (χ4n) is 0.727. The van der Waals surface area contributed by atoms with E-state index in [1.807, 2.05) is 29.9 Å². The van der Waals surface area contributed by atoms with E-state index in [0.717, 1.165) is 15.0 Å². The van der Waals surface area contributed by atoms with E-state index in [4.69, 9.17) is 12.2 Å². The summed E-state index contributed by atoms with van der Waals surface area (Å²) >= 11 is 8.33. The van der Waals surface area contributed by atoms with Crippen molar-refractivity contribution in [1.82, 2.24) is 14.7 Å². The molecule has 12 heavy (non-hydrogen) atoms. The molecule has 0 amide bonds. The molecule has 0 fully saturated rings. The first-order valence-electron chi connectivity index (χ1n) is 3.40. The molecule has 0 saturated heterocycles. The van der Waals surface area contributed by atoms with Crippen molar-refractivity contribution in [3.63, 3.8) is 0 Å². The molecule has 3 nitrogen and oxygen atoms in total. The number of aromatic nitrogens is 2. The van der Waals surface area contributed by atoms with Crippen LogP contribution >= 0.6 is 35.3 Å². The number of hydrogen-bond donors (Lipinski definition) is 0. The quantitative estimate of drug-likeness (QED) is 0.574. The van der Waals surface area contributed by atoms with Gasteiger partial charge in [-0.1, -0.05) is 23.1 Å². The van der Waals surface area contributed by atoms with Gasteiger partial charge in [-0.2, -0.15) is 5.10 Å². The standard InChI is InChI=1S/C6H11N3S3/c1-8(2)4-9-6(10)12-5(7-9)11-3/h4H2,1-3H3. The lowest BCUT2D eigenvalue weighted by Crippen LogP contribution is -2.17. The lowest BCUT2D eigenvalue weighted by molar-refractivity contribution is 0.303. The van der Waals surface area contributed by atoms with Crippen molar-refractivity contribution >= 4 is 35.3 Å². The monoisotopic (exact) mass is 221 g/mol. The third-order valence-electron chi connectivity index (χ3n) is 1.18. The first-order chi connectivity index (χ1) is 5.63. The van der Waals surface area contributed by atoms with Gasteiger partial charge in [-0.15, -0.1) is 0 Å². The summed E-state index contributed by atoms with van der Waals surface area (Å²) in [5.74, 6) is 0. The molecule has 1 heterocycles. The number of rotatable bonds is 3. The van der Waals surface area contributed by atoms with Crippen LogP contribution in [-0.2, 0) is 6.67 Å². The largest absolute Gasteiger partial charge is 0.291 e. The maximum Gasteiger partial charge on any atom is 0.181 e. The highest BCUT2D eigenvalue weighted by Gasteiger charge is 2.01. The molecule has 0 aliphatic heterocycles. The van der Waals surface area contributed by atoms with Crippen molar-refractivity contribution in [1.29, 1.82) is 0 Å². The molecule has 6 heteroatoms. The predicted molar refractivity (Wildman–Crippen MR) is 56.4 cm³/mol. The Balaban J connectivity index is 2.85. The van der Waals surface area contributed by atoms with Crippen LogP contribution < -0.4 is 0 Å². The molecule has 0 unspecified atom stereocenters. The Labute approximate surface area is 85.4 Å². The van der Waals surface area contributed by atoms with Crippen molar-refractivity contribution in [3.8, 4) is 0 Å². The van der Waals surface area contributed by atoms with Gasteiger partial charge in [-0.25, -0.2) is 4.68 Å². The fourth-order valence-corrected chi connectivity index (χ4v) is 2.46. The van der Waals surface area contributed by atoms with Gasteiger partial charge in [-0.3, -0.25) is 4.90 Å². The van der Waals surface area contributed by atoms with Gasteiger partial charge in [0.1, 0.15) is 0 Å². The minimum Gasteiger partial charge on any atom is -0.291 e. The average molecular weight is 221 g/mol. The fraction of sp³-hybridized carbons (Fsp3) is 0.667. The maximum absolute atomic E-state index is 5.14. The third kappa shape index (κ3) is 2.55. The van der Waals surface area contributed by atoms with Crippen LogP contribution in [0.15, 0.2) is 4.34 Å². The molecule has 68 valence electrons. The second-order valence-electron chi connectivity index (χ2n) is 2.56. The summed E-state index contributed by atoms with van der Waals surface area (Å²) < 4.78 is 3.71. The van der Waals surface area contributed by atoms with Crippen LogP contribution in [0.1, 0.15) is 0 Å². The zero-order valence-electron chi connectivity index (χ0n) is 7.27. The number of thioether (sulfide) groups is 1. The van der Waals surface area contributed by atoms with E-state index in [0.29, 0.717) is 0 Å². The van der Waals surface area contributed by atoms with Crippen molar-refractivity contribution in [2.24, 2.45) is 0 Å². The van der Waals surface area contributed by atoms with Gasteiger partial charge in [0.25, 0.3) is 0 Å². The second-order valence-corrected chi connectivity index (χ2v) is 5.23. The molecule has 0 saturated carbocycles. The van der Waals surface area contributed by atoms with Crippen LogP contribution in [-0.4, -0.2) is 35.0 Å². The molecule has 1 rings (SSSR count). The van der Waals surface area contributed by atoms with Gasteiger partial charge < -0.3 is 0 Å². The van der Waals surface area contributed by atoms with Crippen LogP contribution in [0, 0.1) is 3.95 Å². The first kappa shape index (κ1) is 10.2. The third-order valence-corrected chi connectivity index (χ3v) is 3.46. The van der Waals surface area contributed by atoms with Crippen LogP contribution in [0.4, 0.5) is 0 Å². The van der Waals surface area contributed by atoms with Gasteiger partial charge >= 0.3 is 0 Å². The summed E-state index contributed by atoms with van der Waals surface area (Å²) in [6.07, 6.45) is 2.01. The molecule has 0 N–H and O–H groups in total. The molecule has 0 radical (unpaired) electrons. The van der Waals surface area contributed by atoms with E-state index < -0.39 is 0 Å². The van der Waals surface area contributed by atoms with Gasteiger partial charge in [0.2, 0.25) is 0 Å². The summed E-state index contributed by atoms with van der Waals surface area (Å²) in [7, 11) is 4.00. The van der Waals surface area contributed by atoms with E-state index in [-0.39, 0.29) is 0 Å². The summed E-state index contributed by atoms with van der Waals surface area (Å²) in [6, 6.07) is 0. The number of nitrogens with zero attached hydrogens (tertiary/aromatic N) is 3. The van der Waals surface area contributed by atoms with Gasteiger partial charge in [0.15, 0.2) is 8.29 Å². The molecule has 0 spiro atoms. The molecule has 0 aromatic carbocycles. The summed E-state index contributed by atoms with van der Waals surface area (Å²) in [5, 5.41) is 4.32. The van der Waals surface area contributed by atoms with E-state index in [1.54, 1.807) is 23.1 Å². The molecule has 0 bridgehead atoms. The van der Waals surface area contributed by atoms with Crippen molar-refractivity contribution in [2.75, 3.05) is 20.4 Å². The van der Waals surface area contributed by atoms with Crippen LogP contribution in [0.3, 0.4) is 0 Å². The smallest absolute Gasteiger partial charge is 0.181 e. The predicted octanol–water partition coefficient (Wildman–Crippen LogP) is 1.92. The van der Waals surface area contributed by atoms with E-state index in [1.165, 1.54) is 0 Å². The normalized spacial score (nSPS) is 11.0. The average Bonchev–Trinajstić information content (AvgIpc) is 2.31. The lowest BCUT2D eigenvalue weighted by Gasteiger charge is -2.07. The van der Waals surface area contributed by atoms with Gasteiger partial charge in [0, 0.05) is 0 Å². The van der Waals surface area contributed by atoms with Crippen LogP contribution in [0.25, 0.3) is 0 Å². The highest BCUT2D eigenvalue weighted by molar-refractivity contribution is 8.00. The van der Waals surface area contributed by atoms with Gasteiger partial charge in [0.05, 0.1) is 6.67 Å². The summed E-state index contributed by atoms with van der Waals surface area (Å²) in [6.45, 7) is 0.760. The Morgan fingerprint density at radius 3 is 2.75 bits per heavy atom. The highest BCUT2D eigenvalue weighted by atomic mass is 32.2. The van der Waals surface area contributed by atoms with Crippen molar-refractivity contribution < 1.29 is 0 Å². The second kappa shape index (κ2) is 4.36. The highest BCUT2D eigenvalue weighted by Crippen LogP contribution is 2.18. The number of hydrogen-bond acceptors (Lipinski definition) is 5. The zero-order valence-corrected chi connectivity index (χ0v) is 9.72. The maximum atomic E-state index is 5.14. The van der Waals surface area contributed by atoms with E-state index in [9.17, 15) is 0 Å². The van der Waals surface area contributed by atoms with E-state index >= 15 is 0 Å². The first-order valence-corrected chi connectivity index (χ1v) is 5.85. The Hall–Kier alpha value is 0.0900. The Morgan fingerprint density at radius 1 is 1.67 bits per heavy atom. The minimum absolute atomic E-state index is 0.760. The minimum atomic E-state index is 0.760. The molecule has 1 aromatic rings. The van der Waals surface area contributed by atoms with Crippen molar-refractivity contribution in [3.05, 3.63) is 3.95 Å². The Kier molecular flexibility index (Phi) is 3.70. The molecular formula is C6H11N3S3. The molecule has 0 atom stereocenters. The van der Waals surface area contributed by atoms with E-state index in [2.05, 4.69) is 5.10 Å². The molecule has 0 aliphatic rings. The van der Waals surface area contributed by atoms with Crippen LogP contribution in [0.2, 0.25) is 0 Å². The van der Waals surface area contributed by atoms with Crippen molar-refractivity contribution in [2.45, 2.75) is 11.0 Å². The van der Waals surface area contributed by atoms with Gasteiger partial charge in [-0.05, 0) is 32.6 Å². The summed E-state index contributed by atoms with van der Waals surface area (Å²) in [4.78, 5) is 2.04. The Bertz CT molecular complexity index is 301. The Morgan fingerprint density at radius 2 is 2.33 bits per heavy atom. The molecule has 0 aliphatic carbocycles. The topological polar surface area (TPSA) is 21.1 Å². The van der Waals surface area contributed by atoms with Crippen LogP contribution in [0.5, 0.6) is 0 Å². The lowest BCUT2D eigenvalue weighted by atomic mass is 10.9. The molecular weight excluding hydrogens is 210 g/mol. The SMILES string of the molecule is CSc1nn(CN(C)C)c(=S)s1. The molecule has 1 aromatic heterocycles. The summed E-state index contributed by atoms with van der Waals surface area (Å²) in [5.41, 5.74) is 0.